The molecule has 0 aliphatic heterocycles. The Kier molecular flexibility index (Phi) is 6.20. The summed E-state index contributed by atoms with van der Waals surface area (Å²) < 4.78 is 14.6. The predicted octanol–water partition coefficient (Wildman–Crippen LogP) is 6.02. The quantitative estimate of drug-likeness (QED) is 0.387. The lowest BCUT2D eigenvalue weighted by Crippen LogP contribution is -2.61. The van der Waals surface area contributed by atoms with Crippen molar-refractivity contribution in [3.05, 3.63) is 47.1 Å². The number of nitrogens with one attached hydrogen (secondary N) is 1. The van der Waals surface area contributed by atoms with E-state index in [4.69, 9.17) is 5.11 Å². The highest BCUT2D eigenvalue weighted by Gasteiger charge is 2.57. The van der Waals surface area contributed by atoms with Gasteiger partial charge in [-0.2, -0.15) is 0 Å². The van der Waals surface area contributed by atoms with E-state index in [-0.39, 0.29) is 24.2 Å². The molecule has 2 N–H and O–H groups in total. The van der Waals surface area contributed by atoms with Gasteiger partial charge in [0.15, 0.2) is 0 Å². The monoisotopic (exact) mass is 443 g/mol. The number of hydrogen-bond donors (Lipinski definition) is 2. The summed E-state index contributed by atoms with van der Waals surface area (Å²) in [7, 11) is 0. The zero-order valence-corrected chi connectivity index (χ0v) is 18.9. The molecule has 4 nitrogen and oxygen atoms in total. The van der Waals surface area contributed by atoms with Crippen LogP contribution >= 0.6 is 11.3 Å². The third-order valence-electron chi connectivity index (χ3n) is 7.55. The fourth-order valence-electron chi connectivity index (χ4n) is 5.60. The van der Waals surface area contributed by atoms with Crippen LogP contribution in [-0.2, 0) is 4.79 Å². The molecular formula is C25H30FNO3S. The summed E-state index contributed by atoms with van der Waals surface area (Å²) in [6, 6.07) is 4.70. The van der Waals surface area contributed by atoms with Crippen molar-refractivity contribution < 1.29 is 19.1 Å². The highest BCUT2D eigenvalue weighted by molar-refractivity contribution is 7.17. The summed E-state index contributed by atoms with van der Waals surface area (Å²) in [5, 5.41) is 14.6. The predicted molar refractivity (Wildman–Crippen MR) is 122 cm³/mol. The Bertz CT molecular complexity index is 1010. The van der Waals surface area contributed by atoms with Crippen molar-refractivity contribution in [1.82, 2.24) is 5.32 Å². The van der Waals surface area contributed by atoms with Gasteiger partial charge in [0.05, 0.1) is 5.56 Å². The number of carbonyl (C=O) groups is 2. The minimum atomic E-state index is -0.758. The SMILES string of the molecule is CC1(C)[C@H]2C[C@@H](NC(=O)c3csc4ccc(F)cc34)[C@H](C/C=C\CCCC(=O)O)[C@@H]1C2. The lowest BCUT2D eigenvalue weighted by molar-refractivity contribution is -0.137. The number of rotatable bonds is 8. The maximum atomic E-state index is 13.7. The number of carboxylic acid groups (broad SMARTS) is 1. The zero-order chi connectivity index (χ0) is 22.2. The second-order valence-corrected chi connectivity index (χ2v) is 10.5. The van der Waals surface area contributed by atoms with E-state index in [2.05, 4.69) is 31.3 Å². The molecule has 1 aromatic heterocycles. The van der Waals surface area contributed by atoms with E-state index in [9.17, 15) is 14.0 Å². The number of halogens is 1. The number of fused-ring (bicyclic) bond motifs is 3. The minimum absolute atomic E-state index is 0.108. The molecule has 5 rings (SSSR count). The van der Waals surface area contributed by atoms with Gasteiger partial charge < -0.3 is 10.4 Å². The number of aliphatic carboxylic acids is 1. The third kappa shape index (κ3) is 4.40. The number of allylic oxidation sites excluding steroid dienone is 2. The fourth-order valence-corrected chi connectivity index (χ4v) is 6.53. The summed E-state index contributed by atoms with van der Waals surface area (Å²) in [5.41, 5.74) is 0.849. The summed E-state index contributed by atoms with van der Waals surface area (Å²) in [4.78, 5) is 23.8. The molecule has 2 aromatic rings. The summed E-state index contributed by atoms with van der Waals surface area (Å²) in [6.45, 7) is 4.67. The first-order valence-electron chi connectivity index (χ1n) is 11.1. The van der Waals surface area contributed by atoms with Gasteiger partial charge in [0.2, 0.25) is 0 Å². The van der Waals surface area contributed by atoms with Crippen LogP contribution in [0.5, 0.6) is 0 Å². The van der Waals surface area contributed by atoms with Crippen LogP contribution < -0.4 is 5.32 Å². The number of unbranched alkanes of at least 4 members (excludes halogenated alkanes) is 1. The van der Waals surface area contributed by atoms with E-state index in [0.717, 1.165) is 24.0 Å². The van der Waals surface area contributed by atoms with Gasteiger partial charge in [0.25, 0.3) is 5.91 Å². The number of carboxylic acids is 1. The van der Waals surface area contributed by atoms with Gasteiger partial charge >= 0.3 is 5.97 Å². The van der Waals surface area contributed by atoms with Crippen LogP contribution in [0.3, 0.4) is 0 Å². The molecule has 31 heavy (non-hydrogen) atoms. The number of thiophene rings is 1. The molecule has 2 bridgehead atoms. The first-order valence-corrected chi connectivity index (χ1v) is 12.0. The largest absolute Gasteiger partial charge is 0.481 e. The molecule has 3 fully saturated rings. The van der Waals surface area contributed by atoms with Crippen molar-refractivity contribution in [2.45, 2.75) is 58.4 Å². The molecule has 0 spiro atoms. The second-order valence-electron chi connectivity index (χ2n) is 9.62. The van der Waals surface area contributed by atoms with Gasteiger partial charge in [-0.1, -0.05) is 26.0 Å². The van der Waals surface area contributed by atoms with Crippen molar-refractivity contribution in [2.75, 3.05) is 0 Å². The first-order chi connectivity index (χ1) is 14.8. The lowest BCUT2D eigenvalue weighted by atomic mass is 9.44. The fraction of sp³-hybridized carbons (Fsp3) is 0.520. The molecule has 3 aliphatic carbocycles. The average molecular weight is 444 g/mol. The molecule has 4 atom stereocenters. The van der Waals surface area contributed by atoms with Gasteiger partial charge in [-0.15, -0.1) is 11.3 Å². The van der Waals surface area contributed by atoms with E-state index in [1.54, 1.807) is 6.07 Å². The molecule has 0 radical (unpaired) electrons. The Morgan fingerprint density at radius 3 is 2.84 bits per heavy atom. The van der Waals surface area contributed by atoms with Crippen LogP contribution in [0, 0.1) is 29.0 Å². The Labute approximate surface area is 186 Å². The molecule has 3 aliphatic rings. The molecular weight excluding hydrogens is 413 g/mol. The van der Waals surface area contributed by atoms with Crippen molar-refractivity contribution in [1.29, 1.82) is 0 Å². The number of amides is 1. The maximum absolute atomic E-state index is 13.7. The Morgan fingerprint density at radius 1 is 1.29 bits per heavy atom. The van der Waals surface area contributed by atoms with Gasteiger partial charge in [0.1, 0.15) is 5.82 Å². The highest BCUT2D eigenvalue weighted by atomic mass is 32.1. The Hall–Kier alpha value is -2.21. The van der Waals surface area contributed by atoms with Gasteiger partial charge in [0, 0.05) is 27.9 Å². The molecule has 1 amide bonds. The van der Waals surface area contributed by atoms with Gasteiger partial charge in [-0.3, -0.25) is 9.59 Å². The van der Waals surface area contributed by atoms with Crippen LogP contribution in [0.4, 0.5) is 4.39 Å². The van der Waals surface area contributed by atoms with Gasteiger partial charge in [-0.05, 0) is 73.5 Å². The summed E-state index contributed by atoms with van der Waals surface area (Å²) in [5.74, 6) is 0.350. The van der Waals surface area contributed by atoms with Crippen molar-refractivity contribution in [3.63, 3.8) is 0 Å². The minimum Gasteiger partial charge on any atom is -0.481 e. The van der Waals surface area contributed by atoms with E-state index in [0.29, 0.717) is 40.5 Å². The van der Waals surface area contributed by atoms with Crippen LogP contribution in [0.25, 0.3) is 10.1 Å². The van der Waals surface area contributed by atoms with Crippen molar-refractivity contribution in [3.8, 4) is 0 Å². The topological polar surface area (TPSA) is 66.4 Å². The van der Waals surface area contributed by atoms with Crippen LogP contribution in [-0.4, -0.2) is 23.0 Å². The molecule has 6 heteroatoms. The molecule has 1 aromatic carbocycles. The van der Waals surface area contributed by atoms with Gasteiger partial charge in [-0.25, -0.2) is 4.39 Å². The lowest BCUT2D eigenvalue weighted by Gasteiger charge is -2.62. The van der Waals surface area contributed by atoms with E-state index < -0.39 is 5.97 Å². The van der Waals surface area contributed by atoms with E-state index >= 15 is 0 Å². The third-order valence-corrected chi connectivity index (χ3v) is 8.51. The van der Waals surface area contributed by atoms with Crippen LogP contribution in [0.1, 0.15) is 62.7 Å². The number of benzene rings is 1. The van der Waals surface area contributed by atoms with E-state index in [1.807, 2.05) is 5.38 Å². The second kappa shape index (κ2) is 8.73. The van der Waals surface area contributed by atoms with E-state index in [1.165, 1.54) is 29.9 Å². The summed E-state index contributed by atoms with van der Waals surface area (Å²) in [6.07, 6.45) is 8.92. The average Bonchev–Trinajstić information content (AvgIpc) is 3.13. The smallest absolute Gasteiger partial charge is 0.303 e. The zero-order valence-electron chi connectivity index (χ0n) is 18.1. The molecule has 3 saturated carbocycles. The standard InChI is InChI=1S/C25H30FNO3S/c1-25(2)15-11-20(25)17(7-5-3-4-6-8-23(28)29)21(12-15)27-24(30)19-14-31-22-10-9-16(26)13-18(19)22/h3,5,9-10,13-15,17,20-21H,4,6-8,11-12H2,1-2H3,(H,27,30)(H,28,29)/b5-3-/t15-,17-,20+,21-/m1/s1. The molecule has 0 saturated heterocycles. The normalized spacial score (nSPS) is 26.7. The highest BCUT2D eigenvalue weighted by Crippen LogP contribution is 2.62. The number of hydrogen-bond acceptors (Lipinski definition) is 3. The van der Waals surface area contributed by atoms with Crippen LogP contribution in [0.2, 0.25) is 0 Å². The van der Waals surface area contributed by atoms with Crippen molar-refractivity contribution in [2.24, 2.45) is 23.2 Å². The summed E-state index contributed by atoms with van der Waals surface area (Å²) >= 11 is 1.47. The van der Waals surface area contributed by atoms with Crippen LogP contribution in [0.15, 0.2) is 35.7 Å². The number of carbonyl (C=O) groups excluding carboxylic acids is 1. The maximum Gasteiger partial charge on any atom is 0.303 e. The Balaban J connectivity index is 1.45. The Morgan fingerprint density at radius 2 is 2.10 bits per heavy atom. The first kappa shape index (κ1) is 22.0. The molecule has 166 valence electrons. The molecule has 1 heterocycles. The van der Waals surface area contributed by atoms with Crippen molar-refractivity contribution >= 4 is 33.3 Å². The molecule has 0 unspecified atom stereocenters.